The Morgan fingerprint density at radius 2 is 1.97 bits per heavy atom. The van der Waals surface area contributed by atoms with Crippen LogP contribution in [0.2, 0.25) is 0 Å². The average Bonchev–Trinajstić information content (AvgIpc) is 3.22. The number of hydrogen-bond donors (Lipinski definition) is 3. The number of piperidine rings is 1. The topological polar surface area (TPSA) is 104 Å². The zero-order valence-corrected chi connectivity index (χ0v) is 19.4. The Hall–Kier alpha value is -3.34. The summed E-state index contributed by atoms with van der Waals surface area (Å²) in [5, 5.41) is 10.7. The summed E-state index contributed by atoms with van der Waals surface area (Å²) in [6.07, 6.45) is -0.0467. The van der Waals surface area contributed by atoms with E-state index in [1.54, 1.807) is 4.90 Å². The lowest BCUT2D eigenvalue weighted by Gasteiger charge is -2.33. The molecule has 3 aromatic rings. The predicted molar refractivity (Wildman–Crippen MR) is 124 cm³/mol. The molecule has 1 aliphatic carbocycles. The number of amides is 1. The fourth-order valence-corrected chi connectivity index (χ4v) is 5.60. The van der Waals surface area contributed by atoms with E-state index in [1.807, 2.05) is 0 Å². The molecule has 3 heterocycles. The summed E-state index contributed by atoms with van der Waals surface area (Å²) in [5.74, 6) is -1.52. The molecule has 7 nitrogen and oxygen atoms in total. The number of aryl methyl sites for hydroxylation is 1. The summed E-state index contributed by atoms with van der Waals surface area (Å²) in [6.45, 7) is 0.656. The van der Waals surface area contributed by atoms with E-state index in [-0.39, 0.29) is 29.7 Å². The van der Waals surface area contributed by atoms with Gasteiger partial charge in [0.1, 0.15) is 17.2 Å². The van der Waals surface area contributed by atoms with Crippen LogP contribution in [0.3, 0.4) is 0 Å². The minimum Gasteiger partial charge on any atom is -0.406 e. The number of anilines is 1. The van der Waals surface area contributed by atoms with E-state index >= 15 is 4.39 Å². The average molecular weight is 507 g/mol. The maximum Gasteiger partial charge on any atom is 0.573 e. The number of halogens is 4. The molecule has 0 unspecified atom stereocenters. The van der Waals surface area contributed by atoms with Crippen molar-refractivity contribution in [1.29, 1.82) is 0 Å². The quantitative estimate of drug-likeness (QED) is 0.354. The lowest BCUT2D eigenvalue weighted by molar-refractivity contribution is -0.274. The zero-order valence-electron chi connectivity index (χ0n) is 19.4. The first-order valence-corrected chi connectivity index (χ1v) is 11.9. The molecular formula is C25H26F4N4O3. The molecule has 2 aliphatic rings. The number of likely N-dealkylation sites (tertiary alicyclic amines) is 1. The van der Waals surface area contributed by atoms with Crippen molar-refractivity contribution in [2.24, 2.45) is 0 Å². The number of nitrogens with one attached hydrogen (secondary N) is 1. The number of carbonyl (C=O) groups excluding carboxylic acids is 1. The second kappa shape index (κ2) is 9.27. The van der Waals surface area contributed by atoms with Crippen LogP contribution in [0, 0.1) is 5.82 Å². The number of nitrogens with zero attached hydrogens (tertiary/aromatic N) is 2. The van der Waals surface area contributed by atoms with Gasteiger partial charge in [0.15, 0.2) is 0 Å². The molecule has 0 radical (unpaired) electrons. The standard InChI is InChI=1S/C25H26F4N4O3/c26-17-11-31-23-22(21-14(12-34)2-1-3-19(21)32-23)20(17)13-6-8-33(9-7-13)24(35)16-5-4-15(10-18(16)30)36-25(27,28)29/h4-5,10-11,13-14,34H,1-3,6-9,12,30H2,(H,31,32)/t14-/m0/s1. The monoisotopic (exact) mass is 506 g/mol. The van der Waals surface area contributed by atoms with Gasteiger partial charge in [-0.2, -0.15) is 0 Å². The fraction of sp³-hybridized carbons (Fsp3) is 0.440. The molecule has 0 spiro atoms. The van der Waals surface area contributed by atoms with Gasteiger partial charge in [0.05, 0.1) is 18.4 Å². The van der Waals surface area contributed by atoms with E-state index in [2.05, 4.69) is 14.7 Å². The number of nitrogen functional groups attached to an aromatic ring is 1. The molecule has 4 N–H and O–H groups in total. The van der Waals surface area contributed by atoms with E-state index in [1.165, 1.54) is 12.3 Å². The van der Waals surface area contributed by atoms with Crippen molar-refractivity contribution < 1.29 is 32.2 Å². The fourth-order valence-electron chi connectivity index (χ4n) is 5.60. The molecule has 5 rings (SSSR count). The Morgan fingerprint density at radius 1 is 1.22 bits per heavy atom. The van der Waals surface area contributed by atoms with Gasteiger partial charge < -0.3 is 25.5 Å². The Bertz CT molecular complexity index is 1300. The smallest absolute Gasteiger partial charge is 0.406 e. The highest BCUT2D eigenvalue weighted by Gasteiger charge is 2.34. The van der Waals surface area contributed by atoms with Crippen LogP contribution in [-0.4, -0.2) is 51.9 Å². The molecule has 0 bridgehead atoms. The van der Waals surface area contributed by atoms with E-state index in [0.29, 0.717) is 37.1 Å². The number of pyridine rings is 1. The number of ether oxygens (including phenoxy) is 1. The SMILES string of the molecule is Nc1cc(OC(F)(F)F)ccc1C(=O)N1CCC(c2c(F)cnc3[nH]c4c(c23)[C@H](CO)CCC4)CC1. The third-order valence-electron chi connectivity index (χ3n) is 7.22. The van der Waals surface area contributed by atoms with Crippen molar-refractivity contribution >= 4 is 22.6 Å². The molecule has 192 valence electrons. The van der Waals surface area contributed by atoms with Gasteiger partial charge in [-0.25, -0.2) is 9.37 Å². The highest BCUT2D eigenvalue weighted by Crippen LogP contribution is 2.42. The van der Waals surface area contributed by atoms with Crippen molar-refractivity contribution in [2.45, 2.75) is 50.3 Å². The summed E-state index contributed by atoms with van der Waals surface area (Å²) in [7, 11) is 0. The molecular weight excluding hydrogens is 480 g/mol. The number of benzene rings is 1. The Morgan fingerprint density at radius 3 is 2.64 bits per heavy atom. The molecule has 1 fully saturated rings. The van der Waals surface area contributed by atoms with Gasteiger partial charge in [-0.05, 0) is 55.7 Å². The van der Waals surface area contributed by atoms with Crippen LogP contribution < -0.4 is 10.5 Å². The van der Waals surface area contributed by atoms with Crippen molar-refractivity contribution in [3.05, 3.63) is 52.6 Å². The van der Waals surface area contributed by atoms with Crippen LogP contribution in [0.25, 0.3) is 11.0 Å². The highest BCUT2D eigenvalue weighted by molar-refractivity contribution is 5.99. The van der Waals surface area contributed by atoms with Gasteiger partial charge in [-0.3, -0.25) is 4.79 Å². The van der Waals surface area contributed by atoms with Crippen LogP contribution >= 0.6 is 0 Å². The minimum atomic E-state index is -4.86. The first-order chi connectivity index (χ1) is 17.2. The second-order valence-corrected chi connectivity index (χ2v) is 9.40. The maximum atomic E-state index is 15.2. The van der Waals surface area contributed by atoms with Crippen LogP contribution in [-0.2, 0) is 6.42 Å². The van der Waals surface area contributed by atoms with E-state index in [4.69, 9.17) is 5.73 Å². The predicted octanol–water partition coefficient (Wildman–Crippen LogP) is 4.61. The molecule has 0 saturated carbocycles. The van der Waals surface area contributed by atoms with Crippen molar-refractivity contribution in [3.8, 4) is 5.75 Å². The molecule has 2 aromatic heterocycles. The molecule has 1 atom stereocenters. The second-order valence-electron chi connectivity index (χ2n) is 9.40. The van der Waals surface area contributed by atoms with Gasteiger partial charge >= 0.3 is 6.36 Å². The number of rotatable bonds is 4. The number of H-pyrrole nitrogens is 1. The number of fused-ring (bicyclic) bond motifs is 3. The van der Waals surface area contributed by atoms with Crippen LogP contribution in [0.4, 0.5) is 23.2 Å². The minimum absolute atomic E-state index is 0.0168. The first-order valence-electron chi connectivity index (χ1n) is 11.9. The molecule has 1 amide bonds. The van der Waals surface area contributed by atoms with Gasteiger partial charge in [0.2, 0.25) is 0 Å². The van der Waals surface area contributed by atoms with Gasteiger partial charge in [0, 0.05) is 47.4 Å². The number of aliphatic hydroxyl groups excluding tert-OH is 1. The highest BCUT2D eigenvalue weighted by atomic mass is 19.4. The maximum absolute atomic E-state index is 15.2. The van der Waals surface area contributed by atoms with Crippen LogP contribution in [0.1, 0.15) is 64.7 Å². The molecule has 1 saturated heterocycles. The number of aromatic nitrogens is 2. The number of carbonyl (C=O) groups is 1. The van der Waals surface area contributed by atoms with E-state index in [0.717, 1.165) is 48.0 Å². The largest absolute Gasteiger partial charge is 0.573 e. The number of nitrogens with two attached hydrogens (primary N) is 1. The van der Waals surface area contributed by atoms with Crippen molar-refractivity contribution in [2.75, 3.05) is 25.4 Å². The third-order valence-corrected chi connectivity index (χ3v) is 7.22. The first kappa shape index (κ1) is 24.4. The third kappa shape index (κ3) is 4.47. The van der Waals surface area contributed by atoms with Gasteiger partial charge in [-0.1, -0.05) is 0 Å². The Labute approximate surface area is 204 Å². The summed E-state index contributed by atoms with van der Waals surface area (Å²) >= 11 is 0. The molecule has 1 aliphatic heterocycles. The van der Waals surface area contributed by atoms with E-state index in [9.17, 15) is 23.1 Å². The Balaban J connectivity index is 1.36. The normalized spacial score (nSPS) is 18.9. The molecule has 36 heavy (non-hydrogen) atoms. The van der Waals surface area contributed by atoms with Crippen molar-refractivity contribution in [1.82, 2.24) is 14.9 Å². The summed E-state index contributed by atoms with van der Waals surface area (Å²) < 4.78 is 56.4. The van der Waals surface area contributed by atoms with Crippen LogP contribution in [0.15, 0.2) is 24.4 Å². The summed E-state index contributed by atoms with van der Waals surface area (Å²) in [5.41, 5.74) is 8.96. The molecule has 11 heteroatoms. The number of hydrogen-bond acceptors (Lipinski definition) is 5. The molecule has 1 aromatic carbocycles. The number of alkyl halides is 3. The Kier molecular flexibility index (Phi) is 6.27. The van der Waals surface area contributed by atoms with Gasteiger partial charge in [-0.15, -0.1) is 13.2 Å². The van der Waals surface area contributed by atoms with Gasteiger partial charge in [0.25, 0.3) is 5.91 Å². The van der Waals surface area contributed by atoms with E-state index < -0.39 is 23.8 Å². The summed E-state index contributed by atoms with van der Waals surface area (Å²) in [6, 6.07) is 3.25. The summed E-state index contributed by atoms with van der Waals surface area (Å²) in [4.78, 5) is 22.2. The number of aliphatic hydroxyl groups is 1. The zero-order chi connectivity index (χ0) is 25.6. The number of aromatic amines is 1. The van der Waals surface area contributed by atoms with Crippen LogP contribution in [0.5, 0.6) is 5.75 Å². The van der Waals surface area contributed by atoms with Crippen molar-refractivity contribution in [3.63, 3.8) is 0 Å². The lowest BCUT2D eigenvalue weighted by atomic mass is 9.81. The lowest BCUT2D eigenvalue weighted by Crippen LogP contribution is -2.38.